The van der Waals surface area contributed by atoms with Gasteiger partial charge in [-0.05, 0) is 13.0 Å². The average Bonchev–Trinajstić information content (AvgIpc) is 2.30. The van der Waals surface area contributed by atoms with Crippen molar-refractivity contribution in [3.63, 3.8) is 0 Å². The van der Waals surface area contributed by atoms with E-state index in [0.717, 1.165) is 10.4 Å². The van der Waals surface area contributed by atoms with Crippen LogP contribution in [0, 0.1) is 17.0 Å². The van der Waals surface area contributed by atoms with Crippen molar-refractivity contribution in [3.8, 4) is 0 Å². The Hall–Kier alpha value is -1.47. The van der Waals surface area contributed by atoms with Crippen molar-refractivity contribution in [2.45, 2.75) is 11.8 Å². The Bertz CT molecular complexity index is 509. The molecule has 1 rings (SSSR count). The van der Waals surface area contributed by atoms with Crippen LogP contribution in [-0.4, -0.2) is 30.7 Å². The Balaban J connectivity index is 3.24. The first-order valence-electron chi connectivity index (χ1n) is 4.97. The molecule has 7 heteroatoms. The number of nitrogens with zero attached hydrogens (tertiary/aromatic N) is 2. The molecule has 0 aromatic heterocycles. The molecule has 1 radical (unpaired) electrons. The third-order valence-electron chi connectivity index (χ3n) is 2.27. The molecular formula is C10H13N2O4S. The van der Waals surface area contributed by atoms with Crippen molar-refractivity contribution in [2.75, 3.05) is 13.1 Å². The minimum atomic E-state index is -3.69. The van der Waals surface area contributed by atoms with Crippen molar-refractivity contribution >= 4 is 15.7 Å². The van der Waals surface area contributed by atoms with Gasteiger partial charge in [-0.3, -0.25) is 10.1 Å². The van der Waals surface area contributed by atoms with Gasteiger partial charge in [0.15, 0.2) is 0 Å². The van der Waals surface area contributed by atoms with Crippen molar-refractivity contribution in [1.82, 2.24) is 4.31 Å². The van der Waals surface area contributed by atoms with Gasteiger partial charge >= 0.3 is 0 Å². The van der Waals surface area contributed by atoms with Gasteiger partial charge in [0.2, 0.25) is 10.0 Å². The molecule has 93 valence electrons. The zero-order chi connectivity index (χ0) is 13.1. The van der Waals surface area contributed by atoms with Crippen molar-refractivity contribution < 1.29 is 13.3 Å². The molecule has 0 unspecified atom stereocenters. The van der Waals surface area contributed by atoms with Crippen LogP contribution in [0.4, 0.5) is 5.69 Å². The van der Waals surface area contributed by atoms with Gasteiger partial charge in [0, 0.05) is 25.2 Å². The molecule has 0 fully saturated rings. The molecule has 0 amide bonds. The lowest BCUT2D eigenvalue weighted by molar-refractivity contribution is -0.385. The highest BCUT2D eigenvalue weighted by atomic mass is 32.2. The molecule has 0 bridgehead atoms. The first-order chi connectivity index (χ1) is 7.93. The molecule has 0 saturated heterocycles. The van der Waals surface area contributed by atoms with Crippen LogP contribution in [0.1, 0.15) is 6.92 Å². The Kier molecular flexibility index (Phi) is 4.19. The number of nitro groups is 1. The number of rotatable bonds is 5. The minimum Gasteiger partial charge on any atom is -0.258 e. The Morgan fingerprint density at radius 3 is 2.59 bits per heavy atom. The summed E-state index contributed by atoms with van der Waals surface area (Å²) in [5, 5.41) is 10.6. The molecule has 1 aromatic rings. The molecule has 0 aliphatic heterocycles. The predicted octanol–water partition coefficient (Wildman–Crippen LogP) is 1.44. The van der Waals surface area contributed by atoms with E-state index in [1.54, 1.807) is 6.92 Å². The summed E-state index contributed by atoms with van der Waals surface area (Å²) in [6.07, 6.45) is 0. The van der Waals surface area contributed by atoms with E-state index in [1.807, 2.05) is 0 Å². The van der Waals surface area contributed by atoms with Crippen LogP contribution in [0.15, 0.2) is 29.2 Å². The van der Waals surface area contributed by atoms with Crippen molar-refractivity contribution in [1.29, 1.82) is 0 Å². The maximum absolute atomic E-state index is 12.0. The zero-order valence-electron chi connectivity index (χ0n) is 9.37. The van der Waals surface area contributed by atoms with Gasteiger partial charge in [0.1, 0.15) is 0 Å². The van der Waals surface area contributed by atoms with Gasteiger partial charge < -0.3 is 0 Å². The summed E-state index contributed by atoms with van der Waals surface area (Å²) in [6.45, 7) is 5.56. The highest BCUT2D eigenvalue weighted by Crippen LogP contribution is 2.20. The Morgan fingerprint density at radius 2 is 2.12 bits per heavy atom. The topological polar surface area (TPSA) is 80.5 Å². The second-order valence-corrected chi connectivity index (χ2v) is 5.19. The fourth-order valence-corrected chi connectivity index (χ4v) is 2.75. The van der Waals surface area contributed by atoms with Crippen LogP contribution >= 0.6 is 0 Å². The lowest BCUT2D eigenvalue weighted by atomic mass is 10.3. The van der Waals surface area contributed by atoms with Crippen LogP contribution < -0.4 is 0 Å². The van der Waals surface area contributed by atoms with E-state index in [0.29, 0.717) is 0 Å². The van der Waals surface area contributed by atoms with Crippen LogP contribution in [-0.2, 0) is 10.0 Å². The standard InChI is InChI=1S/C10H13N2O4S/c1-3-11(4-2)17(15,16)10-7-5-6-9(8-10)12(13)14/h5-8H,1,3-4H2,2H3. The van der Waals surface area contributed by atoms with Crippen LogP contribution in [0.2, 0.25) is 0 Å². The Morgan fingerprint density at radius 1 is 1.47 bits per heavy atom. The minimum absolute atomic E-state index is 0.0848. The fraction of sp³-hybridized carbons (Fsp3) is 0.300. The summed E-state index contributed by atoms with van der Waals surface area (Å²) in [6, 6.07) is 4.98. The number of hydrogen-bond donors (Lipinski definition) is 0. The normalized spacial score (nSPS) is 11.7. The monoisotopic (exact) mass is 257 g/mol. The molecule has 17 heavy (non-hydrogen) atoms. The lowest BCUT2D eigenvalue weighted by Crippen LogP contribution is -2.30. The summed E-state index contributed by atoms with van der Waals surface area (Å²) in [5.41, 5.74) is -0.244. The average molecular weight is 257 g/mol. The van der Waals surface area contributed by atoms with Gasteiger partial charge in [-0.2, -0.15) is 4.31 Å². The van der Waals surface area contributed by atoms with Gasteiger partial charge in [-0.15, -0.1) is 0 Å². The highest BCUT2D eigenvalue weighted by molar-refractivity contribution is 7.89. The number of nitro benzene ring substituents is 1. The third-order valence-corrected chi connectivity index (χ3v) is 4.24. The number of hydrogen-bond acceptors (Lipinski definition) is 4. The molecular weight excluding hydrogens is 244 g/mol. The summed E-state index contributed by atoms with van der Waals surface area (Å²) in [4.78, 5) is 9.86. The first kappa shape index (κ1) is 13.6. The fourth-order valence-electron chi connectivity index (χ4n) is 1.35. The summed E-state index contributed by atoms with van der Waals surface area (Å²) in [5.74, 6) is 0. The molecule has 1 aromatic carbocycles. The number of sulfonamides is 1. The molecule has 0 aliphatic carbocycles. The summed E-state index contributed by atoms with van der Waals surface area (Å²) in [7, 11) is -3.69. The molecule has 0 saturated carbocycles. The largest absolute Gasteiger partial charge is 0.270 e. The van der Waals surface area contributed by atoms with Gasteiger partial charge in [0.25, 0.3) is 5.69 Å². The van der Waals surface area contributed by atoms with Gasteiger partial charge in [0.05, 0.1) is 9.82 Å². The van der Waals surface area contributed by atoms with E-state index in [4.69, 9.17) is 0 Å². The van der Waals surface area contributed by atoms with E-state index in [9.17, 15) is 18.5 Å². The number of benzene rings is 1. The molecule has 0 atom stereocenters. The van der Waals surface area contributed by atoms with Crippen molar-refractivity contribution in [2.24, 2.45) is 0 Å². The van der Waals surface area contributed by atoms with E-state index in [2.05, 4.69) is 6.92 Å². The maximum atomic E-state index is 12.0. The van der Waals surface area contributed by atoms with Gasteiger partial charge in [-0.25, -0.2) is 8.42 Å². The zero-order valence-corrected chi connectivity index (χ0v) is 10.2. The van der Waals surface area contributed by atoms with E-state index in [1.165, 1.54) is 18.2 Å². The second kappa shape index (κ2) is 5.24. The second-order valence-electron chi connectivity index (χ2n) is 3.25. The van der Waals surface area contributed by atoms with Crippen LogP contribution in [0.5, 0.6) is 0 Å². The molecule has 6 nitrogen and oxygen atoms in total. The summed E-state index contributed by atoms with van der Waals surface area (Å²) >= 11 is 0. The van der Waals surface area contributed by atoms with Crippen molar-refractivity contribution in [3.05, 3.63) is 41.3 Å². The Labute approximate surface area is 100 Å². The van der Waals surface area contributed by atoms with Crippen LogP contribution in [0.3, 0.4) is 0 Å². The smallest absolute Gasteiger partial charge is 0.258 e. The lowest BCUT2D eigenvalue weighted by Gasteiger charge is -2.17. The maximum Gasteiger partial charge on any atom is 0.270 e. The molecule has 0 aliphatic rings. The predicted molar refractivity (Wildman–Crippen MR) is 62.9 cm³/mol. The SMILES string of the molecule is [CH2]CN(CC)S(=O)(=O)c1cccc([N+](=O)[O-])c1. The quantitative estimate of drug-likeness (QED) is 0.590. The number of non-ortho nitro benzene ring substituents is 1. The van der Waals surface area contributed by atoms with E-state index in [-0.39, 0.29) is 23.7 Å². The third kappa shape index (κ3) is 2.80. The summed E-state index contributed by atoms with van der Waals surface area (Å²) < 4.78 is 25.2. The van der Waals surface area contributed by atoms with E-state index < -0.39 is 14.9 Å². The van der Waals surface area contributed by atoms with Gasteiger partial charge in [-0.1, -0.05) is 13.0 Å². The highest BCUT2D eigenvalue weighted by Gasteiger charge is 2.23. The molecule has 0 spiro atoms. The first-order valence-corrected chi connectivity index (χ1v) is 6.41. The molecule has 0 heterocycles. The van der Waals surface area contributed by atoms with E-state index >= 15 is 0 Å². The van der Waals surface area contributed by atoms with Crippen LogP contribution in [0.25, 0.3) is 0 Å². The molecule has 0 N–H and O–H groups in total.